The number of nitrogens with one attached hydrogen (secondary N) is 1. The van der Waals surface area contributed by atoms with Crippen molar-refractivity contribution < 1.29 is 0 Å². The third-order valence-electron chi connectivity index (χ3n) is 2.27. The first-order valence-electron chi connectivity index (χ1n) is 5.77. The minimum atomic E-state index is 0.463. The molecule has 0 heterocycles. The highest BCUT2D eigenvalue weighted by atomic mass is 32.2. The van der Waals surface area contributed by atoms with Crippen LogP contribution in [-0.4, -0.2) is 24.1 Å². The quantitative estimate of drug-likeness (QED) is 0.655. The molecule has 0 aliphatic rings. The van der Waals surface area contributed by atoms with Crippen molar-refractivity contribution in [3.8, 4) is 0 Å². The molecular weight excluding hydrogens is 190 g/mol. The number of hydrogen-bond acceptors (Lipinski definition) is 2. The van der Waals surface area contributed by atoms with Gasteiger partial charge in [0.25, 0.3) is 0 Å². The van der Waals surface area contributed by atoms with Gasteiger partial charge in [-0.15, -0.1) is 0 Å². The van der Waals surface area contributed by atoms with E-state index in [4.69, 9.17) is 0 Å². The molecule has 2 heteroatoms. The average molecular weight is 217 g/mol. The van der Waals surface area contributed by atoms with Gasteiger partial charge in [0, 0.05) is 6.04 Å². The smallest absolute Gasteiger partial charge is 0.00465 e. The monoisotopic (exact) mass is 217 g/mol. The van der Waals surface area contributed by atoms with E-state index in [1.807, 2.05) is 11.8 Å². The maximum Gasteiger partial charge on any atom is 0.00465 e. The predicted octanol–water partition coefficient (Wildman–Crippen LogP) is 3.54. The lowest BCUT2D eigenvalue weighted by Crippen LogP contribution is -2.29. The van der Waals surface area contributed by atoms with Crippen LogP contribution in [0.5, 0.6) is 0 Å². The van der Waals surface area contributed by atoms with E-state index in [-0.39, 0.29) is 0 Å². The van der Waals surface area contributed by atoms with Crippen molar-refractivity contribution in [2.24, 2.45) is 5.41 Å². The molecule has 14 heavy (non-hydrogen) atoms. The number of hydrogen-bond donors (Lipinski definition) is 1. The van der Waals surface area contributed by atoms with E-state index in [9.17, 15) is 0 Å². The second-order valence-corrected chi connectivity index (χ2v) is 6.55. The van der Waals surface area contributed by atoms with Crippen LogP contribution in [0.2, 0.25) is 0 Å². The van der Waals surface area contributed by atoms with Crippen molar-refractivity contribution in [3.05, 3.63) is 0 Å². The van der Waals surface area contributed by atoms with Gasteiger partial charge >= 0.3 is 0 Å². The SMILES string of the molecule is CCSCCC(C)NCCC(C)(C)C. The molecule has 0 aromatic rings. The zero-order valence-electron chi connectivity index (χ0n) is 10.5. The molecule has 86 valence electrons. The first-order chi connectivity index (χ1) is 6.45. The molecule has 0 saturated heterocycles. The van der Waals surface area contributed by atoms with Crippen LogP contribution in [0, 0.1) is 5.41 Å². The lowest BCUT2D eigenvalue weighted by atomic mass is 9.92. The highest BCUT2D eigenvalue weighted by molar-refractivity contribution is 7.99. The van der Waals surface area contributed by atoms with Crippen LogP contribution >= 0.6 is 11.8 Å². The summed E-state index contributed by atoms with van der Waals surface area (Å²) in [6.45, 7) is 12.6. The Labute approximate surface area is 94.4 Å². The second kappa shape index (κ2) is 7.58. The minimum absolute atomic E-state index is 0.463. The zero-order chi connectivity index (χ0) is 11.0. The predicted molar refractivity (Wildman–Crippen MR) is 69.2 cm³/mol. The molecule has 1 N–H and O–H groups in total. The molecule has 0 radical (unpaired) electrons. The van der Waals surface area contributed by atoms with Crippen LogP contribution in [0.25, 0.3) is 0 Å². The van der Waals surface area contributed by atoms with Crippen LogP contribution in [0.4, 0.5) is 0 Å². The summed E-state index contributed by atoms with van der Waals surface area (Å²) >= 11 is 2.04. The minimum Gasteiger partial charge on any atom is -0.314 e. The van der Waals surface area contributed by atoms with E-state index in [0.29, 0.717) is 11.5 Å². The Morgan fingerprint density at radius 2 is 1.93 bits per heavy atom. The summed E-state index contributed by atoms with van der Waals surface area (Å²) in [5.41, 5.74) is 0.463. The number of rotatable bonds is 7. The Kier molecular flexibility index (Phi) is 7.75. The van der Waals surface area contributed by atoms with Gasteiger partial charge in [0.1, 0.15) is 0 Å². The van der Waals surface area contributed by atoms with Gasteiger partial charge in [-0.2, -0.15) is 11.8 Å². The van der Waals surface area contributed by atoms with Crippen molar-refractivity contribution in [1.82, 2.24) is 5.32 Å². The van der Waals surface area contributed by atoms with Crippen molar-refractivity contribution in [1.29, 1.82) is 0 Å². The van der Waals surface area contributed by atoms with Gasteiger partial charge < -0.3 is 5.32 Å². The third-order valence-corrected chi connectivity index (χ3v) is 3.20. The maximum atomic E-state index is 3.58. The first kappa shape index (κ1) is 14.3. The molecule has 1 unspecified atom stereocenters. The van der Waals surface area contributed by atoms with Crippen molar-refractivity contribution in [3.63, 3.8) is 0 Å². The second-order valence-electron chi connectivity index (χ2n) is 5.15. The normalized spacial score (nSPS) is 14.4. The molecule has 0 spiro atoms. The fraction of sp³-hybridized carbons (Fsp3) is 1.00. The zero-order valence-corrected chi connectivity index (χ0v) is 11.3. The van der Waals surface area contributed by atoms with Gasteiger partial charge in [-0.05, 0) is 43.2 Å². The van der Waals surface area contributed by atoms with Gasteiger partial charge in [0.05, 0.1) is 0 Å². The standard InChI is InChI=1S/C12H27NS/c1-6-14-10-7-11(2)13-9-8-12(3,4)5/h11,13H,6-10H2,1-5H3. The molecule has 0 rings (SSSR count). The van der Waals surface area contributed by atoms with Gasteiger partial charge in [0.15, 0.2) is 0 Å². The fourth-order valence-electron chi connectivity index (χ4n) is 1.20. The van der Waals surface area contributed by atoms with E-state index in [0.717, 1.165) is 6.54 Å². The van der Waals surface area contributed by atoms with Gasteiger partial charge in [-0.25, -0.2) is 0 Å². The van der Waals surface area contributed by atoms with Crippen LogP contribution in [0.3, 0.4) is 0 Å². The van der Waals surface area contributed by atoms with Crippen LogP contribution in [0.1, 0.15) is 47.5 Å². The Bertz CT molecular complexity index is 129. The fourth-order valence-corrected chi connectivity index (χ4v) is 2.01. The van der Waals surface area contributed by atoms with Crippen molar-refractivity contribution in [2.75, 3.05) is 18.1 Å². The summed E-state index contributed by atoms with van der Waals surface area (Å²) in [4.78, 5) is 0. The molecule has 0 aromatic carbocycles. The summed E-state index contributed by atoms with van der Waals surface area (Å²) in [6.07, 6.45) is 2.56. The molecule has 1 atom stereocenters. The molecule has 0 aliphatic heterocycles. The maximum absolute atomic E-state index is 3.58. The molecule has 0 aromatic heterocycles. The molecule has 0 saturated carbocycles. The van der Waals surface area contributed by atoms with E-state index < -0.39 is 0 Å². The van der Waals surface area contributed by atoms with E-state index >= 15 is 0 Å². The molecule has 1 nitrogen and oxygen atoms in total. The van der Waals surface area contributed by atoms with Gasteiger partial charge in [-0.1, -0.05) is 27.7 Å². The van der Waals surface area contributed by atoms with Gasteiger partial charge in [0.2, 0.25) is 0 Å². The first-order valence-corrected chi connectivity index (χ1v) is 6.92. The lowest BCUT2D eigenvalue weighted by Gasteiger charge is -2.20. The summed E-state index contributed by atoms with van der Waals surface area (Å²) in [6, 6.07) is 0.677. The summed E-state index contributed by atoms with van der Waals surface area (Å²) in [5, 5.41) is 3.58. The highest BCUT2D eigenvalue weighted by Crippen LogP contribution is 2.17. The highest BCUT2D eigenvalue weighted by Gasteiger charge is 2.09. The Morgan fingerprint density at radius 3 is 2.43 bits per heavy atom. The van der Waals surface area contributed by atoms with Gasteiger partial charge in [-0.3, -0.25) is 0 Å². The molecule has 0 amide bonds. The lowest BCUT2D eigenvalue weighted by molar-refractivity contribution is 0.355. The summed E-state index contributed by atoms with van der Waals surface area (Å²) in [5.74, 6) is 2.54. The molecule has 0 bridgehead atoms. The third kappa shape index (κ3) is 10.4. The van der Waals surface area contributed by atoms with Crippen molar-refractivity contribution in [2.45, 2.75) is 53.5 Å². The molecule has 0 fully saturated rings. The Balaban J connectivity index is 3.31. The van der Waals surface area contributed by atoms with E-state index in [1.165, 1.54) is 24.3 Å². The van der Waals surface area contributed by atoms with Crippen molar-refractivity contribution >= 4 is 11.8 Å². The number of thioether (sulfide) groups is 1. The van der Waals surface area contributed by atoms with Crippen LogP contribution < -0.4 is 5.32 Å². The Morgan fingerprint density at radius 1 is 1.29 bits per heavy atom. The largest absolute Gasteiger partial charge is 0.314 e. The summed E-state index contributed by atoms with van der Waals surface area (Å²) < 4.78 is 0. The topological polar surface area (TPSA) is 12.0 Å². The molecular formula is C12H27NS. The van der Waals surface area contributed by atoms with Crippen LogP contribution in [0.15, 0.2) is 0 Å². The van der Waals surface area contributed by atoms with E-state index in [1.54, 1.807) is 0 Å². The van der Waals surface area contributed by atoms with Crippen LogP contribution in [-0.2, 0) is 0 Å². The molecule has 0 aliphatic carbocycles. The Hall–Kier alpha value is 0.310. The average Bonchev–Trinajstić information content (AvgIpc) is 2.02. The van der Waals surface area contributed by atoms with E-state index in [2.05, 4.69) is 39.9 Å². The summed E-state index contributed by atoms with van der Waals surface area (Å²) in [7, 11) is 0.